The summed E-state index contributed by atoms with van der Waals surface area (Å²) in [6, 6.07) is 9.38. The second-order valence-corrected chi connectivity index (χ2v) is 5.99. The van der Waals surface area contributed by atoms with Crippen LogP contribution in [0.3, 0.4) is 0 Å². The Hall–Kier alpha value is -1.43. The van der Waals surface area contributed by atoms with E-state index < -0.39 is 6.04 Å². The molecule has 0 spiro atoms. The summed E-state index contributed by atoms with van der Waals surface area (Å²) in [5, 5.41) is 5.30. The normalized spacial score (nSPS) is 11.8. The fourth-order valence-corrected chi connectivity index (χ4v) is 2.61. The van der Waals surface area contributed by atoms with Crippen LogP contribution in [0.1, 0.15) is 20.3 Å². The highest BCUT2D eigenvalue weighted by molar-refractivity contribution is 7.14. The monoisotopic (exact) mass is 325 g/mol. The van der Waals surface area contributed by atoms with Gasteiger partial charge in [-0.15, -0.1) is 23.7 Å². The summed E-state index contributed by atoms with van der Waals surface area (Å²) < 4.78 is 0. The number of thiazole rings is 1. The zero-order valence-corrected chi connectivity index (χ0v) is 13.7. The molecule has 2 aromatic rings. The predicted octanol–water partition coefficient (Wildman–Crippen LogP) is 3.54. The van der Waals surface area contributed by atoms with Crippen molar-refractivity contribution in [2.45, 2.75) is 26.3 Å². The number of nitrogens with one attached hydrogen (secondary N) is 1. The number of aromatic nitrogens is 1. The van der Waals surface area contributed by atoms with Crippen molar-refractivity contribution in [2.24, 2.45) is 11.7 Å². The van der Waals surface area contributed by atoms with Crippen LogP contribution in [-0.4, -0.2) is 16.9 Å². The van der Waals surface area contributed by atoms with Crippen LogP contribution in [0.5, 0.6) is 0 Å². The van der Waals surface area contributed by atoms with Gasteiger partial charge in [-0.25, -0.2) is 4.98 Å². The summed E-state index contributed by atoms with van der Waals surface area (Å²) in [5.74, 6) is 0.222. The Kier molecular flexibility index (Phi) is 6.81. The molecule has 2 rings (SSSR count). The van der Waals surface area contributed by atoms with Gasteiger partial charge >= 0.3 is 0 Å². The first-order valence-corrected chi connectivity index (χ1v) is 7.51. The number of nitrogens with two attached hydrogens (primary N) is 1. The molecule has 1 aromatic heterocycles. The Balaban J connectivity index is 0.00000220. The number of hydrogen-bond acceptors (Lipinski definition) is 4. The molecule has 4 nitrogen and oxygen atoms in total. The van der Waals surface area contributed by atoms with Crippen molar-refractivity contribution in [3.63, 3.8) is 0 Å². The summed E-state index contributed by atoms with van der Waals surface area (Å²) in [7, 11) is 0. The molecule has 21 heavy (non-hydrogen) atoms. The van der Waals surface area contributed by atoms with Crippen LogP contribution in [0.4, 0.5) is 5.13 Å². The Morgan fingerprint density at radius 3 is 2.62 bits per heavy atom. The zero-order valence-electron chi connectivity index (χ0n) is 12.1. The molecule has 1 heterocycles. The van der Waals surface area contributed by atoms with Gasteiger partial charge in [-0.3, -0.25) is 4.79 Å². The zero-order chi connectivity index (χ0) is 14.5. The minimum atomic E-state index is -0.487. The molecular formula is C15H20ClN3OS. The number of rotatable bonds is 5. The lowest BCUT2D eigenvalue weighted by Crippen LogP contribution is -2.36. The number of amides is 1. The number of benzene rings is 1. The molecule has 6 heteroatoms. The molecule has 0 bridgehead atoms. The lowest BCUT2D eigenvalue weighted by atomic mass is 10.0. The fraction of sp³-hybridized carbons (Fsp3) is 0.333. The predicted molar refractivity (Wildman–Crippen MR) is 90.9 cm³/mol. The minimum Gasteiger partial charge on any atom is -0.320 e. The molecule has 1 amide bonds. The van der Waals surface area contributed by atoms with E-state index in [1.807, 2.05) is 49.6 Å². The Morgan fingerprint density at radius 2 is 2.00 bits per heavy atom. The number of carbonyl (C=O) groups is 1. The van der Waals surface area contributed by atoms with Crippen molar-refractivity contribution in [1.29, 1.82) is 0 Å². The van der Waals surface area contributed by atoms with Crippen LogP contribution < -0.4 is 11.1 Å². The Labute approximate surface area is 135 Å². The molecule has 3 N–H and O–H groups in total. The van der Waals surface area contributed by atoms with Crippen LogP contribution in [0, 0.1) is 5.92 Å². The maximum absolute atomic E-state index is 11.9. The first-order valence-electron chi connectivity index (χ1n) is 6.63. The van der Waals surface area contributed by atoms with Gasteiger partial charge in [0.25, 0.3) is 0 Å². The minimum absolute atomic E-state index is 0. The van der Waals surface area contributed by atoms with E-state index in [2.05, 4.69) is 10.3 Å². The number of nitrogens with zero attached hydrogens (tertiary/aromatic N) is 1. The van der Waals surface area contributed by atoms with E-state index >= 15 is 0 Å². The highest BCUT2D eigenvalue weighted by Crippen LogP contribution is 2.24. The number of halogens is 1. The number of carbonyl (C=O) groups excluding carboxylic acids is 1. The molecule has 1 atom stereocenters. The van der Waals surface area contributed by atoms with E-state index in [-0.39, 0.29) is 18.3 Å². The molecule has 0 saturated carbocycles. The lowest BCUT2D eigenvalue weighted by molar-refractivity contribution is -0.117. The molecule has 0 saturated heterocycles. The van der Waals surface area contributed by atoms with Crippen molar-refractivity contribution in [3.05, 3.63) is 35.7 Å². The van der Waals surface area contributed by atoms with E-state index in [9.17, 15) is 4.79 Å². The van der Waals surface area contributed by atoms with E-state index in [0.29, 0.717) is 17.5 Å². The van der Waals surface area contributed by atoms with Crippen LogP contribution in [0.15, 0.2) is 35.7 Å². The molecule has 0 aliphatic rings. The third kappa shape index (κ3) is 5.12. The standard InChI is InChI=1S/C15H19N3OS.ClH/c1-10(2)8-12(16)14(19)18-15-17-13(9-20-15)11-6-4-3-5-7-11;/h3-7,9-10,12H,8,16H2,1-2H3,(H,17,18,19);1H/t12-;/m0./s1. The summed E-state index contributed by atoms with van der Waals surface area (Å²) in [5.41, 5.74) is 7.75. The molecular weight excluding hydrogens is 306 g/mol. The average molecular weight is 326 g/mol. The third-order valence-corrected chi connectivity index (χ3v) is 3.62. The van der Waals surface area contributed by atoms with Gasteiger partial charge in [0.2, 0.25) is 5.91 Å². The fourth-order valence-electron chi connectivity index (χ4n) is 1.89. The maximum Gasteiger partial charge on any atom is 0.243 e. The Bertz CT molecular complexity index is 571. The van der Waals surface area contributed by atoms with Crippen LogP contribution in [-0.2, 0) is 4.79 Å². The molecule has 1 aromatic carbocycles. The number of anilines is 1. The topological polar surface area (TPSA) is 68.0 Å². The van der Waals surface area contributed by atoms with Crippen LogP contribution in [0.2, 0.25) is 0 Å². The molecule has 0 aliphatic carbocycles. The second kappa shape index (κ2) is 8.12. The van der Waals surface area contributed by atoms with Gasteiger partial charge in [0, 0.05) is 10.9 Å². The van der Waals surface area contributed by atoms with Crippen molar-refractivity contribution in [2.75, 3.05) is 5.32 Å². The highest BCUT2D eigenvalue weighted by Gasteiger charge is 2.16. The summed E-state index contributed by atoms with van der Waals surface area (Å²) in [6.07, 6.45) is 0.669. The SMILES string of the molecule is CC(C)C[C@H](N)C(=O)Nc1nc(-c2ccccc2)cs1.Cl. The molecule has 0 fully saturated rings. The Morgan fingerprint density at radius 1 is 1.33 bits per heavy atom. The molecule has 114 valence electrons. The van der Waals surface area contributed by atoms with Crippen molar-refractivity contribution >= 4 is 34.8 Å². The van der Waals surface area contributed by atoms with Crippen molar-refractivity contribution in [3.8, 4) is 11.3 Å². The van der Waals surface area contributed by atoms with E-state index in [1.54, 1.807) is 0 Å². The first kappa shape index (κ1) is 17.6. The van der Waals surface area contributed by atoms with Gasteiger partial charge < -0.3 is 11.1 Å². The van der Waals surface area contributed by atoms with Gasteiger partial charge in [0.05, 0.1) is 11.7 Å². The highest BCUT2D eigenvalue weighted by atomic mass is 35.5. The van der Waals surface area contributed by atoms with Crippen molar-refractivity contribution in [1.82, 2.24) is 4.98 Å². The molecule has 0 unspecified atom stereocenters. The summed E-state index contributed by atoms with van der Waals surface area (Å²) in [4.78, 5) is 16.3. The van der Waals surface area contributed by atoms with Crippen LogP contribution in [0.25, 0.3) is 11.3 Å². The first-order chi connectivity index (χ1) is 9.56. The summed E-state index contributed by atoms with van der Waals surface area (Å²) >= 11 is 1.41. The summed E-state index contributed by atoms with van der Waals surface area (Å²) in [6.45, 7) is 4.09. The van der Waals surface area contributed by atoms with Crippen molar-refractivity contribution < 1.29 is 4.79 Å². The second-order valence-electron chi connectivity index (χ2n) is 5.13. The quantitative estimate of drug-likeness (QED) is 0.883. The maximum atomic E-state index is 11.9. The van der Waals surface area contributed by atoms with Gasteiger partial charge in [0.1, 0.15) is 0 Å². The number of hydrogen-bond donors (Lipinski definition) is 2. The van der Waals surface area contributed by atoms with Gasteiger partial charge in [-0.2, -0.15) is 0 Å². The smallest absolute Gasteiger partial charge is 0.243 e. The van der Waals surface area contributed by atoms with Gasteiger partial charge in [-0.1, -0.05) is 44.2 Å². The van der Waals surface area contributed by atoms with Crippen LogP contribution >= 0.6 is 23.7 Å². The van der Waals surface area contributed by atoms with E-state index in [4.69, 9.17) is 5.73 Å². The molecule has 0 aliphatic heterocycles. The van der Waals surface area contributed by atoms with E-state index in [1.165, 1.54) is 11.3 Å². The largest absolute Gasteiger partial charge is 0.320 e. The average Bonchev–Trinajstić information content (AvgIpc) is 2.87. The lowest BCUT2D eigenvalue weighted by Gasteiger charge is -2.12. The van der Waals surface area contributed by atoms with E-state index in [0.717, 1.165) is 11.3 Å². The molecule has 0 radical (unpaired) electrons. The third-order valence-electron chi connectivity index (χ3n) is 2.87. The van der Waals surface area contributed by atoms with Gasteiger partial charge in [-0.05, 0) is 12.3 Å². The van der Waals surface area contributed by atoms with Gasteiger partial charge in [0.15, 0.2) is 5.13 Å².